The molecular weight excluding hydrogens is 303 g/mol. The normalized spacial score (nSPS) is 14.2. The zero-order chi connectivity index (χ0) is 16.7. The van der Waals surface area contributed by atoms with Gasteiger partial charge in [0.05, 0.1) is 11.1 Å². The molecule has 2 N–H and O–H groups in total. The zero-order valence-electron chi connectivity index (χ0n) is 13.3. The third-order valence-corrected chi connectivity index (χ3v) is 4.69. The van der Waals surface area contributed by atoms with Crippen LogP contribution in [0.5, 0.6) is 0 Å². The van der Waals surface area contributed by atoms with Crippen molar-refractivity contribution in [3.63, 3.8) is 0 Å². The van der Waals surface area contributed by atoms with Crippen LogP contribution in [0.15, 0.2) is 53.5 Å². The number of rotatable bonds is 4. The molecule has 0 spiro atoms. The van der Waals surface area contributed by atoms with Crippen LogP contribution in [0, 0.1) is 5.82 Å². The van der Waals surface area contributed by atoms with E-state index >= 15 is 0 Å². The van der Waals surface area contributed by atoms with E-state index in [0.717, 1.165) is 29.5 Å². The van der Waals surface area contributed by atoms with Crippen LogP contribution in [0.4, 0.5) is 4.39 Å². The monoisotopic (exact) mass is 322 g/mol. The molecule has 4 rings (SSSR count). The number of fused-ring (bicyclic) bond motifs is 1. The van der Waals surface area contributed by atoms with E-state index in [1.165, 1.54) is 22.2 Å². The summed E-state index contributed by atoms with van der Waals surface area (Å²) < 4.78 is 15.2. The predicted molar refractivity (Wildman–Crippen MR) is 93.8 cm³/mol. The maximum absolute atomic E-state index is 13.8. The molecule has 0 radical (unpaired) electrons. The van der Waals surface area contributed by atoms with E-state index in [0.29, 0.717) is 24.4 Å². The van der Waals surface area contributed by atoms with Crippen molar-refractivity contribution in [2.45, 2.75) is 25.2 Å². The molecule has 0 amide bonds. The van der Waals surface area contributed by atoms with Crippen molar-refractivity contribution < 1.29 is 4.39 Å². The fourth-order valence-electron chi connectivity index (χ4n) is 3.54. The van der Waals surface area contributed by atoms with E-state index in [4.69, 9.17) is 5.73 Å². The van der Waals surface area contributed by atoms with Gasteiger partial charge in [0, 0.05) is 6.20 Å². The van der Waals surface area contributed by atoms with Gasteiger partial charge >= 0.3 is 0 Å². The second-order valence-electron chi connectivity index (χ2n) is 6.35. The number of halogens is 1. The molecule has 24 heavy (non-hydrogen) atoms. The topological polar surface area (TPSA) is 47.5 Å². The summed E-state index contributed by atoms with van der Waals surface area (Å²) in [7, 11) is 0. The van der Waals surface area contributed by atoms with Gasteiger partial charge in [0.2, 0.25) is 0 Å². The molecule has 0 bridgehead atoms. The molecule has 1 saturated carbocycles. The Morgan fingerprint density at radius 3 is 2.54 bits per heavy atom. The molecule has 0 saturated heterocycles. The first kappa shape index (κ1) is 15.1. The molecule has 2 aromatic heterocycles. The number of hydrogen-bond donors (Lipinski definition) is 1. The lowest BCUT2D eigenvalue weighted by Crippen LogP contribution is -2.22. The molecule has 0 atom stereocenters. The fraction of sp³-hybridized carbons (Fsp3) is 0.250. The third-order valence-electron chi connectivity index (χ3n) is 4.69. The number of pyridine rings is 2. The maximum atomic E-state index is 13.8. The van der Waals surface area contributed by atoms with E-state index in [-0.39, 0.29) is 5.56 Å². The van der Waals surface area contributed by atoms with Crippen molar-refractivity contribution in [3.05, 3.63) is 76.0 Å². The predicted octanol–water partition coefficient (Wildman–Crippen LogP) is 3.48. The highest BCUT2D eigenvalue weighted by molar-refractivity contribution is 5.74. The Kier molecular flexibility index (Phi) is 3.69. The van der Waals surface area contributed by atoms with Gasteiger partial charge < -0.3 is 5.73 Å². The number of aromatic nitrogens is 1. The van der Waals surface area contributed by atoms with Gasteiger partial charge in [-0.25, -0.2) is 4.39 Å². The lowest BCUT2D eigenvalue weighted by molar-refractivity contribution is 0.618. The minimum atomic E-state index is -0.406. The highest BCUT2D eigenvalue weighted by atomic mass is 19.1. The molecule has 3 nitrogen and oxygen atoms in total. The Morgan fingerprint density at radius 1 is 1.12 bits per heavy atom. The van der Waals surface area contributed by atoms with Crippen LogP contribution in [0.2, 0.25) is 0 Å². The fourth-order valence-corrected chi connectivity index (χ4v) is 3.54. The van der Waals surface area contributed by atoms with Gasteiger partial charge in [-0.15, -0.1) is 0 Å². The molecule has 2 heterocycles. The summed E-state index contributed by atoms with van der Waals surface area (Å²) in [6, 6.07) is 12.8. The van der Waals surface area contributed by atoms with Crippen molar-refractivity contribution in [1.82, 2.24) is 4.40 Å². The summed E-state index contributed by atoms with van der Waals surface area (Å²) in [6.45, 7) is 0.483. The summed E-state index contributed by atoms with van der Waals surface area (Å²) in [4.78, 5) is 13.1. The van der Waals surface area contributed by atoms with Crippen LogP contribution < -0.4 is 11.3 Å². The molecule has 3 aromatic rings. The summed E-state index contributed by atoms with van der Waals surface area (Å²) in [6.07, 6.45) is 4.16. The maximum Gasteiger partial charge on any atom is 0.263 e. The van der Waals surface area contributed by atoms with Gasteiger partial charge in [0.15, 0.2) is 0 Å². The van der Waals surface area contributed by atoms with Crippen molar-refractivity contribution in [2.75, 3.05) is 6.54 Å². The Hall–Kier alpha value is -2.46. The Labute approximate surface area is 139 Å². The molecule has 122 valence electrons. The van der Waals surface area contributed by atoms with E-state index in [1.54, 1.807) is 6.07 Å². The molecular formula is C20H19FN2O. The minimum Gasteiger partial charge on any atom is -0.330 e. The van der Waals surface area contributed by atoms with Gasteiger partial charge in [0.1, 0.15) is 5.82 Å². The first-order valence-corrected chi connectivity index (χ1v) is 8.33. The molecule has 4 heteroatoms. The molecule has 1 aliphatic rings. The molecule has 0 unspecified atom stereocenters. The summed E-state index contributed by atoms with van der Waals surface area (Å²) in [5, 5.41) is 0. The van der Waals surface area contributed by atoms with E-state index in [9.17, 15) is 9.18 Å². The summed E-state index contributed by atoms with van der Waals surface area (Å²) in [5.41, 5.74) is 10.2. The van der Waals surface area contributed by atoms with Crippen molar-refractivity contribution in [2.24, 2.45) is 5.73 Å². The quantitative estimate of drug-likeness (QED) is 0.799. The highest BCUT2D eigenvalue weighted by Gasteiger charge is 2.31. The van der Waals surface area contributed by atoms with Gasteiger partial charge in [-0.2, -0.15) is 0 Å². The average Bonchev–Trinajstić information content (AvgIpc) is 3.42. The van der Waals surface area contributed by atoms with Gasteiger partial charge in [0.25, 0.3) is 5.56 Å². The number of nitrogens with zero attached hydrogens (tertiary/aromatic N) is 1. The van der Waals surface area contributed by atoms with Gasteiger partial charge in [-0.1, -0.05) is 30.3 Å². The third kappa shape index (κ3) is 2.43. The minimum absolute atomic E-state index is 0.177. The zero-order valence-corrected chi connectivity index (χ0v) is 13.3. The Morgan fingerprint density at radius 2 is 1.88 bits per heavy atom. The molecule has 0 aliphatic heterocycles. The van der Waals surface area contributed by atoms with E-state index < -0.39 is 5.82 Å². The first-order chi connectivity index (χ1) is 11.7. The molecule has 1 aliphatic carbocycles. The van der Waals surface area contributed by atoms with Crippen LogP contribution in [-0.4, -0.2) is 10.9 Å². The lowest BCUT2D eigenvalue weighted by Gasteiger charge is -2.18. The van der Waals surface area contributed by atoms with E-state index in [1.807, 2.05) is 30.3 Å². The van der Waals surface area contributed by atoms with Gasteiger partial charge in [-0.05, 0) is 60.5 Å². The summed E-state index contributed by atoms with van der Waals surface area (Å²) >= 11 is 0. The SMILES string of the molecule is NCCc1c(-c2ccccc2)c(=O)n2cc(F)ccc2c1C1CC1. The van der Waals surface area contributed by atoms with Crippen LogP contribution in [0.25, 0.3) is 16.6 Å². The highest BCUT2D eigenvalue weighted by Crippen LogP contribution is 2.45. The largest absolute Gasteiger partial charge is 0.330 e. The van der Waals surface area contributed by atoms with Crippen LogP contribution in [-0.2, 0) is 6.42 Å². The summed E-state index contributed by atoms with van der Waals surface area (Å²) in [5.74, 6) is 0.0343. The first-order valence-electron chi connectivity index (χ1n) is 8.33. The molecule has 1 fully saturated rings. The number of hydrogen-bond acceptors (Lipinski definition) is 2. The smallest absolute Gasteiger partial charge is 0.263 e. The van der Waals surface area contributed by atoms with Crippen LogP contribution in [0.3, 0.4) is 0 Å². The second kappa shape index (κ2) is 5.87. The van der Waals surface area contributed by atoms with E-state index in [2.05, 4.69) is 0 Å². The van der Waals surface area contributed by atoms with Crippen LogP contribution in [0.1, 0.15) is 29.9 Å². The Bertz CT molecular complexity index is 959. The van der Waals surface area contributed by atoms with Gasteiger partial charge in [-0.3, -0.25) is 9.20 Å². The lowest BCUT2D eigenvalue weighted by atomic mass is 9.91. The average molecular weight is 322 g/mol. The Balaban J connectivity index is 2.15. The number of benzene rings is 1. The van der Waals surface area contributed by atoms with Crippen molar-refractivity contribution >= 4 is 5.52 Å². The molecule has 1 aromatic carbocycles. The van der Waals surface area contributed by atoms with Crippen LogP contribution >= 0.6 is 0 Å². The van der Waals surface area contributed by atoms with Crippen molar-refractivity contribution in [3.8, 4) is 11.1 Å². The second-order valence-corrected chi connectivity index (χ2v) is 6.35. The standard InChI is InChI=1S/C20H19FN2O/c21-15-8-9-17-18(14-6-7-14)16(10-11-22)19(20(24)23(17)12-15)13-4-2-1-3-5-13/h1-5,8-9,12,14H,6-7,10-11,22H2. The number of nitrogens with two attached hydrogens (primary N) is 1. The van der Waals surface area contributed by atoms with Crippen molar-refractivity contribution in [1.29, 1.82) is 0 Å².